The first-order valence-electron chi connectivity index (χ1n) is 9.36. The molecule has 2 aliphatic rings. The molecule has 0 radical (unpaired) electrons. The Morgan fingerprint density at radius 2 is 1.88 bits per heavy atom. The van der Waals surface area contributed by atoms with Crippen LogP contribution in [0.15, 0.2) is 30.3 Å². The number of benzene rings is 1. The van der Waals surface area contributed by atoms with E-state index in [4.69, 9.17) is 0 Å². The van der Waals surface area contributed by atoms with E-state index in [1.165, 1.54) is 31.2 Å². The van der Waals surface area contributed by atoms with Gasteiger partial charge >= 0.3 is 6.03 Å². The van der Waals surface area contributed by atoms with E-state index in [9.17, 15) is 9.90 Å². The smallest absolute Gasteiger partial charge is 0.317 e. The average Bonchev–Trinajstić information content (AvgIpc) is 3.06. The van der Waals surface area contributed by atoms with E-state index in [0.717, 1.165) is 31.7 Å². The maximum Gasteiger partial charge on any atom is 0.317 e. The molecule has 0 spiro atoms. The molecule has 0 saturated heterocycles. The predicted molar refractivity (Wildman–Crippen MR) is 95.7 cm³/mol. The molecule has 3 rings (SSSR count). The van der Waals surface area contributed by atoms with Gasteiger partial charge in [0.1, 0.15) is 0 Å². The van der Waals surface area contributed by atoms with Crippen molar-refractivity contribution < 1.29 is 9.90 Å². The number of rotatable bonds is 6. The lowest BCUT2D eigenvalue weighted by atomic mass is 9.82. The van der Waals surface area contributed by atoms with Crippen LogP contribution in [0.5, 0.6) is 0 Å². The van der Waals surface area contributed by atoms with Crippen molar-refractivity contribution in [3.8, 4) is 0 Å². The van der Waals surface area contributed by atoms with Crippen molar-refractivity contribution in [2.75, 3.05) is 13.6 Å². The number of aliphatic hydroxyl groups is 1. The minimum absolute atomic E-state index is 0.00300. The zero-order valence-electron chi connectivity index (χ0n) is 14.7. The van der Waals surface area contributed by atoms with Crippen molar-refractivity contribution in [1.29, 1.82) is 0 Å². The van der Waals surface area contributed by atoms with E-state index >= 15 is 0 Å². The highest BCUT2D eigenvalue weighted by Gasteiger charge is 2.30. The van der Waals surface area contributed by atoms with Gasteiger partial charge in [-0.15, -0.1) is 0 Å². The summed E-state index contributed by atoms with van der Waals surface area (Å²) in [5.41, 5.74) is 1.20. The van der Waals surface area contributed by atoms with Gasteiger partial charge in [0, 0.05) is 13.6 Å². The fraction of sp³-hybridized carbons (Fsp3) is 0.650. The minimum atomic E-state index is -0.161. The number of carbonyl (C=O) groups excluding carboxylic acids is 1. The second kappa shape index (κ2) is 8.02. The molecule has 2 fully saturated rings. The fourth-order valence-corrected chi connectivity index (χ4v) is 4.12. The highest BCUT2D eigenvalue weighted by atomic mass is 16.3. The van der Waals surface area contributed by atoms with Gasteiger partial charge in [0.2, 0.25) is 0 Å². The molecular weight excluding hydrogens is 300 g/mol. The Hall–Kier alpha value is -1.55. The first kappa shape index (κ1) is 17.3. The van der Waals surface area contributed by atoms with Crippen LogP contribution in [0.25, 0.3) is 0 Å². The van der Waals surface area contributed by atoms with Crippen LogP contribution in [0.2, 0.25) is 0 Å². The number of carbonyl (C=O) groups is 1. The molecule has 1 aromatic rings. The summed E-state index contributed by atoms with van der Waals surface area (Å²) in [5, 5.41) is 12.7. The minimum Gasteiger partial charge on any atom is -0.393 e. The third-order valence-electron chi connectivity index (χ3n) is 5.63. The molecule has 0 aliphatic heterocycles. The zero-order chi connectivity index (χ0) is 16.9. The van der Waals surface area contributed by atoms with E-state index in [0.29, 0.717) is 5.92 Å². The van der Waals surface area contributed by atoms with Crippen LogP contribution in [-0.4, -0.2) is 35.7 Å². The summed E-state index contributed by atoms with van der Waals surface area (Å²) in [4.78, 5) is 14.4. The van der Waals surface area contributed by atoms with Crippen LogP contribution in [0, 0.1) is 11.8 Å². The van der Waals surface area contributed by atoms with Crippen molar-refractivity contribution in [3.63, 3.8) is 0 Å². The Kier molecular flexibility index (Phi) is 5.77. The van der Waals surface area contributed by atoms with Crippen molar-refractivity contribution in [1.82, 2.24) is 10.2 Å². The Morgan fingerprint density at radius 3 is 2.50 bits per heavy atom. The molecule has 0 unspecified atom stereocenters. The van der Waals surface area contributed by atoms with Crippen LogP contribution < -0.4 is 5.32 Å². The van der Waals surface area contributed by atoms with Gasteiger partial charge in [0.25, 0.3) is 0 Å². The largest absolute Gasteiger partial charge is 0.393 e. The van der Waals surface area contributed by atoms with Crippen LogP contribution in [0.4, 0.5) is 4.79 Å². The molecule has 4 heteroatoms. The highest BCUT2D eigenvalue weighted by Crippen LogP contribution is 2.33. The maximum absolute atomic E-state index is 12.6. The molecule has 24 heavy (non-hydrogen) atoms. The fourth-order valence-electron chi connectivity index (χ4n) is 4.12. The summed E-state index contributed by atoms with van der Waals surface area (Å²) in [7, 11) is 1.86. The lowest BCUT2D eigenvalue weighted by Crippen LogP contribution is -2.45. The Labute approximate surface area is 145 Å². The lowest BCUT2D eigenvalue weighted by molar-refractivity contribution is 0.0323. The molecule has 0 aromatic heterocycles. The number of nitrogens with zero attached hydrogens (tertiary/aromatic N) is 1. The Morgan fingerprint density at radius 1 is 1.21 bits per heavy atom. The molecule has 0 bridgehead atoms. The molecule has 2 amide bonds. The second-order valence-corrected chi connectivity index (χ2v) is 7.67. The number of aliphatic hydroxyl groups excluding tert-OH is 1. The first-order valence-corrected chi connectivity index (χ1v) is 9.36. The lowest BCUT2D eigenvalue weighted by Gasteiger charge is -2.35. The van der Waals surface area contributed by atoms with Crippen molar-refractivity contribution >= 4 is 6.03 Å². The molecule has 4 nitrogen and oxygen atoms in total. The third-order valence-corrected chi connectivity index (χ3v) is 5.63. The topological polar surface area (TPSA) is 52.6 Å². The molecule has 2 aliphatic carbocycles. The second-order valence-electron chi connectivity index (χ2n) is 7.67. The van der Waals surface area contributed by atoms with E-state index in [1.54, 1.807) is 4.90 Å². The van der Waals surface area contributed by atoms with Gasteiger partial charge in [-0.1, -0.05) is 56.0 Å². The third kappa shape index (κ3) is 4.50. The number of amides is 2. The molecule has 2 N–H and O–H groups in total. The number of nitrogens with one attached hydrogen (secondary N) is 1. The Balaban J connectivity index is 1.58. The molecular formula is C20H30N2O2. The van der Waals surface area contributed by atoms with E-state index in [1.807, 2.05) is 25.2 Å². The van der Waals surface area contributed by atoms with Gasteiger partial charge < -0.3 is 15.3 Å². The SMILES string of the molecule is CN(CC1CC(O)C1)C(=O)N[C@@H](CC1CCCC1)c1ccccc1. The summed E-state index contributed by atoms with van der Waals surface area (Å²) in [5.74, 6) is 1.17. The number of urea groups is 1. The van der Waals surface area contributed by atoms with Gasteiger partial charge in [-0.05, 0) is 36.7 Å². The standard InChI is InChI=1S/C20H30N2O2/c1-22(14-16-11-18(23)12-16)20(24)21-19(13-15-7-5-6-8-15)17-9-3-2-4-10-17/h2-4,9-10,15-16,18-19,23H,5-8,11-14H2,1H3,(H,21,24)/t16?,18?,19-/m0/s1. The number of hydrogen-bond acceptors (Lipinski definition) is 2. The van der Waals surface area contributed by atoms with E-state index in [-0.39, 0.29) is 18.2 Å². The van der Waals surface area contributed by atoms with Crippen LogP contribution in [0.1, 0.15) is 56.6 Å². The summed E-state index contributed by atoms with van der Waals surface area (Å²) < 4.78 is 0. The number of hydrogen-bond donors (Lipinski definition) is 2. The summed E-state index contributed by atoms with van der Waals surface area (Å²) in [6.45, 7) is 0.730. The van der Waals surface area contributed by atoms with Crippen molar-refractivity contribution in [2.24, 2.45) is 11.8 Å². The summed E-state index contributed by atoms with van der Waals surface area (Å²) >= 11 is 0. The first-order chi connectivity index (χ1) is 11.6. The highest BCUT2D eigenvalue weighted by molar-refractivity contribution is 5.74. The van der Waals surface area contributed by atoms with Crippen LogP contribution in [-0.2, 0) is 0 Å². The normalized spacial score (nSPS) is 25.1. The summed E-state index contributed by atoms with van der Waals surface area (Å²) in [6, 6.07) is 10.4. The zero-order valence-corrected chi connectivity index (χ0v) is 14.7. The summed E-state index contributed by atoms with van der Waals surface area (Å²) in [6.07, 6.45) is 7.74. The van der Waals surface area contributed by atoms with E-state index < -0.39 is 0 Å². The molecule has 132 valence electrons. The van der Waals surface area contributed by atoms with Gasteiger partial charge in [0.15, 0.2) is 0 Å². The molecule has 0 heterocycles. The molecule has 1 atom stereocenters. The van der Waals surface area contributed by atoms with Crippen molar-refractivity contribution in [3.05, 3.63) is 35.9 Å². The van der Waals surface area contributed by atoms with Gasteiger partial charge in [-0.3, -0.25) is 0 Å². The van der Waals surface area contributed by atoms with E-state index in [2.05, 4.69) is 17.4 Å². The quantitative estimate of drug-likeness (QED) is 0.835. The van der Waals surface area contributed by atoms with Gasteiger partial charge in [-0.25, -0.2) is 4.79 Å². The molecule has 2 saturated carbocycles. The molecule has 1 aromatic carbocycles. The maximum atomic E-state index is 12.6. The van der Waals surface area contributed by atoms with Gasteiger partial charge in [0.05, 0.1) is 12.1 Å². The predicted octanol–water partition coefficient (Wildman–Crippen LogP) is 3.72. The van der Waals surface area contributed by atoms with Crippen molar-refractivity contribution in [2.45, 2.75) is 57.1 Å². The monoisotopic (exact) mass is 330 g/mol. The average molecular weight is 330 g/mol. The van der Waals surface area contributed by atoms with Crippen LogP contribution in [0.3, 0.4) is 0 Å². The van der Waals surface area contributed by atoms with Crippen LogP contribution >= 0.6 is 0 Å². The Bertz CT molecular complexity index is 522. The van der Waals surface area contributed by atoms with Gasteiger partial charge in [-0.2, -0.15) is 0 Å².